The van der Waals surface area contributed by atoms with Gasteiger partial charge >= 0.3 is 47.8 Å². The average Bonchev–Trinajstić information content (AvgIpc) is 3.64. The largest absolute Gasteiger partial charge is 4.00 e. The van der Waals surface area contributed by atoms with E-state index in [1.54, 1.807) is 268 Å². The Hall–Kier alpha value is -2.59. The quantitative estimate of drug-likeness (QED) is 0.125. The molecule has 23 heteroatoms. The number of nitrogens with zero attached hydrogens (tertiary/aromatic N) is 1. The molecule has 0 amide bonds. The molecule has 0 spiro atoms. The van der Waals surface area contributed by atoms with E-state index in [2.05, 4.69) is 9.97 Å². The number of carboxylic acids is 4. The van der Waals surface area contributed by atoms with E-state index in [-0.39, 0.29) is 23.9 Å². The third-order valence-electron chi connectivity index (χ3n) is 6.69. The van der Waals surface area contributed by atoms with Crippen LogP contribution in [0.5, 0.6) is 0 Å². The second-order valence-corrected chi connectivity index (χ2v) is 30.7. The van der Waals surface area contributed by atoms with Crippen LogP contribution in [0, 0.1) is 0 Å². The molecule has 0 unspecified atom stereocenters. The maximum atomic E-state index is 11.6. The van der Waals surface area contributed by atoms with Gasteiger partial charge in [0.25, 0.3) is 0 Å². The molecule has 1 N–H and O–H groups in total. The van der Waals surface area contributed by atoms with Crippen LogP contribution >= 0.6 is 0 Å². The van der Waals surface area contributed by atoms with Crippen molar-refractivity contribution in [1.29, 1.82) is 0 Å². The summed E-state index contributed by atoms with van der Waals surface area (Å²) in [5, 5.41) is 46.3. The molecule has 482 valence electrons. The molecule has 0 atom stereocenters. The Bertz CT molecular complexity index is 1560. The number of aromatic amines is 1. The van der Waals surface area contributed by atoms with Gasteiger partial charge in [0.2, 0.25) is 0 Å². The molecule has 0 aliphatic rings. The van der Waals surface area contributed by atoms with Crippen molar-refractivity contribution in [2.45, 2.75) is 340 Å². The first kappa shape index (κ1) is 88.2. The van der Waals surface area contributed by atoms with E-state index in [1.165, 1.54) is 0 Å². The summed E-state index contributed by atoms with van der Waals surface area (Å²) in [5.41, 5.74) is -9.21. The van der Waals surface area contributed by atoms with Crippen molar-refractivity contribution in [3.8, 4) is 0 Å². The van der Waals surface area contributed by atoms with Crippen LogP contribution in [0.25, 0.3) is 0 Å². The number of ether oxygens (including phenoxy) is 12. The number of hydrogen-bond acceptors (Lipinski definition) is 21. The third-order valence-corrected chi connectivity index (χ3v) is 6.69. The molecular formula is C59H112N2O20Sn. The summed E-state index contributed by atoms with van der Waals surface area (Å²) in [7, 11) is 0. The second kappa shape index (κ2) is 31.4. The molecule has 1 rings (SSSR count). The minimum atomic E-state index is -2.24. The zero-order valence-corrected chi connectivity index (χ0v) is 60.2. The van der Waals surface area contributed by atoms with E-state index in [0.717, 1.165) is 0 Å². The molecule has 0 fully saturated rings. The van der Waals surface area contributed by atoms with E-state index >= 15 is 0 Å². The number of carbonyl (C=O) groups excluding carboxylic acids is 4. The zero-order valence-electron chi connectivity index (χ0n) is 57.3. The number of carbonyl (C=O) groups is 4. The topological polar surface area (TPSA) is 300 Å². The van der Waals surface area contributed by atoms with Crippen molar-refractivity contribution in [3.05, 3.63) is 18.7 Å². The van der Waals surface area contributed by atoms with E-state index in [9.17, 15) is 39.6 Å². The maximum absolute atomic E-state index is 11.6. The molecule has 0 saturated carbocycles. The van der Waals surface area contributed by atoms with Gasteiger partial charge in [-0.3, -0.25) is 0 Å². The van der Waals surface area contributed by atoms with Crippen LogP contribution in [0.1, 0.15) is 249 Å². The van der Waals surface area contributed by atoms with Crippen LogP contribution in [-0.4, -0.2) is 149 Å². The molecule has 0 aliphatic heterocycles. The predicted octanol–water partition coefficient (Wildman–Crippen LogP) is 7.37. The summed E-state index contributed by atoms with van der Waals surface area (Å²) in [4.78, 5) is 52.7. The van der Waals surface area contributed by atoms with Gasteiger partial charge in [0.05, 0.1) is 73.5 Å². The van der Waals surface area contributed by atoms with Crippen molar-refractivity contribution < 1.29 is 96.4 Å². The average molecular weight is 1290 g/mol. The molecule has 82 heavy (non-hydrogen) atoms. The van der Waals surface area contributed by atoms with E-state index < -0.39 is 115 Å². The molecule has 1 heterocycles. The molecule has 0 aliphatic carbocycles. The fraction of sp³-hybridized carbons (Fsp3) is 0.881. The smallest absolute Gasteiger partial charge is 0.542 e. The SMILES string of the molecule is CC(C)(C)OC(OC(C)(C)C)(OC(C)(C)C)C(=O)[O-].CC(C)(C)OC(OC(C)(C)C)(OC(C)(C)C)C(=O)[O-].CC(C)(C)OC(OC(C)(C)C)(OC(C)(C)C)C(=O)[O-].CC(C)(C)OC(OC(C)(C)C)(OC(C)(C)C)C(=O)[O-].[Sn+4].c1c[nH]cn1. The van der Waals surface area contributed by atoms with Crippen LogP contribution in [0.15, 0.2) is 18.7 Å². The second-order valence-electron chi connectivity index (χ2n) is 30.7. The Labute approximate surface area is 511 Å². The Morgan fingerprint density at radius 1 is 0.268 bits per heavy atom. The van der Waals surface area contributed by atoms with Gasteiger partial charge in [-0.2, -0.15) is 0 Å². The van der Waals surface area contributed by atoms with E-state index in [4.69, 9.17) is 56.8 Å². The van der Waals surface area contributed by atoms with Crippen molar-refractivity contribution in [3.63, 3.8) is 0 Å². The molecule has 22 nitrogen and oxygen atoms in total. The third kappa shape index (κ3) is 46.7. The van der Waals surface area contributed by atoms with Crippen LogP contribution in [0.3, 0.4) is 0 Å². The number of aromatic nitrogens is 2. The number of nitrogens with one attached hydrogen (secondary N) is 1. The van der Waals surface area contributed by atoms with E-state index in [1.807, 2.05) is 0 Å². The van der Waals surface area contributed by atoms with Crippen LogP contribution < -0.4 is 20.4 Å². The van der Waals surface area contributed by atoms with Gasteiger partial charge in [0.1, 0.15) is 23.9 Å². The van der Waals surface area contributed by atoms with E-state index in [0.29, 0.717) is 0 Å². The zero-order chi connectivity index (χ0) is 66.3. The maximum Gasteiger partial charge on any atom is 4.00 e. The van der Waals surface area contributed by atoms with Crippen molar-refractivity contribution >= 4 is 47.8 Å². The molecular weight excluding hydrogens is 1180 g/mol. The standard InChI is InChI=1S/4C14H28O5.C3H4N2.Sn/c4*1-11(2,3)17-14(10(15)16,18-12(4,5)6)19-13(7,8)9;1-2-5-3-4-1;/h4*1-9H3,(H,15,16);1-3H,(H,4,5);/q;;;;;+4/p-4. The summed E-state index contributed by atoms with van der Waals surface area (Å²) in [6, 6.07) is 0. The van der Waals surface area contributed by atoms with Gasteiger partial charge in [-0.15, -0.1) is 0 Å². The molecule has 0 saturated heterocycles. The predicted molar refractivity (Wildman–Crippen MR) is 305 cm³/mol. The van der Waals surface area contributed by atoms with Crippen molar-refractivity contribution in [2.75, 3.05) is 0 Å². The molecule has 1 aromatic rings. The van der Waals surface area contributed by atoms with Gasteiger partial charge < -0.3 is 101 Å². The van der Waals surface area contributed by atoms with Gasteiger partial charge in [-0.25, -0.2) is 4.98 Å². The monoisotopic (exact) mass is 1290 g/mol. The fourth-order valence-corrected chi connectivity index (χ4v) is 5.80. The van der Waals surface area contributed by atoms with Crippen molar-refractivity contribution in [1.82, 2.24) is 9.97 Å². The first-order chi connectivity index (χ1) is 34.8. The summed E-state index contributed by atoms with van der Waals surface area (Å²) in [6.45, 7) is 62.1. The summed E-state index contributed by atoms with van der Waals surface area (Å²) in [5.74, 6) is -15.2. The number of aliphatic carboxylic acids is 4. The number of rotatable bonds is 16. The Balaban J connectivity index is -0.000000310. The molecule has 0 bridgehead atoms. The number of hydrogen-bond donors (Lipinski definition) is 1. The Morgan fingerprint density at radius 3 is 0.415 bits per heavy atom. The summed E-state index contributed by atoms with van der Waals surface area (Å²) < 4.78 is 66.4. The van der Waals surface area contributed by atoms with Gasteiger partial charge in [0.15, 0.2) is 0 Å². The minimum absolute atomic E-state index is 0. The summed E-state index contributed by atoms with van der Waals surface area (Å²) >= 11 is 0. The molecule has 1 aromatic heterocycles. The number of imidazole rings is 1. The number of carboxylic acid groups (broad SMARTS) is 4. The Morgan fingerprint density at radius 2 is 0.378 bits per heavy atom. The summed E-state index contributed by atoms with van der Waals surface area (Å²) in [6.07, 6.45) is 5.08. The van der Waals surface area contributed by atoms with Crippen molar-refractivity contribution in [2.24, 2.45) is 0 Å². The first-order valence-electron chi connectivity index (χ1n) is 27.0. The Kier molecular flexibility index (Phi) is 33.7. The molecule has 0 aromatic carbocycles. The number of H-pyrrole nitrogens is 1. The first-order valence-corrected chi connectivity index (χ1v) is 27.0. The van der Waals surface area contributed by atoms with Gasteiger partial charge in [0, 0.05) is 12.4 Å². The van der Waals surface area contributed by atoms with Gasteiger partial charge in [-0.1, -0.05) is 0 Å². The molecule has 0 radical (unpaired) electrons. The minimum Gasteiger partial charge on any atom is -0.542 e. The fourth-order valence-electron chi connectivity index (χ4n) is 5.80. The van der Waals surface area contributed by atoms with Crippen LogP contribution in [0.4, 0.5) is 0 Å². The van der Waals surface area contributed by atoms with Crippen LogP contribution in [0.2, 0.25) is 0 Å². The van der Waals surface area contributed by atoms with Crippen LogP contribution in [-0.2, 0) is 76.0 Å². The van der Waals surface area contributed by atoms with Gasteiger partial charge in [-0.05, 0) is 249 Å². The normalized spacial score (nSPS) is 14.0.